The van der Waals surface area contributed by atoms with Gasteiger partial charge in [0, 0.05) is 7.05 Å². The van der Waals surface area contributed by atoms with Crippen molar-refractivity contribution in [1.82, 2.24) is 9.88 Å². The molecule has 0 bridgehead atoms. The standard InChI is InChI=1S/C14H15Cl2N3O/c1-19(14(9-17)7-3-2-4-8-14)13(20)10-5-6-11(15)18-12(10)16/h5-6H,2-4,7-8H2,1H3. The predicted octanol–water partition coefficient (Wildman–Crippen LogP) is 3.69. The molecule has 0 saturated heterocycles. The third-order valence-electron chi connectivity index (χ3n) is 3.88. The maximum Gasteiger partial charge on any atom is 0.258 e. The average Bonchev–Trinajstić information content (AvgIpc) is 2.46. The zero-order valence-electron chi connectivity index (χ0n) is 11.2. The molecule has 0 N–H and O–H groups in total. The van der Waals surface area contributed by atoms with E-state index in [1.807, 2.05) is 0 Å². The molecule has 20 heavy (non-hydrogen) atoms. The SMILES string of the molecule is CN(C(=O)c1ccc(Cl)nc1Cl)C1(C#N)CCCCC1. The number of nitrogens with zero attached hydrogens (tertiary/aromatic N) is 3. The van der Waals surface area contributed by atoms with Gasteiger partial charge >= 0.3 is 0 Å². The van der Waals surface area contributed by atoms with Crippen molar-refractivity contribution in [2.45, 2.75) is 37.6 Å². The van der Waals surface area contributed by atoms with Crippen LogP contribution in [0.3, 0.4) is 0 Å². The number of amides is 1. The van der Waals surface area contributed by atoms with E-state index in [2.05, 4.69) is 11.1 Å². The van der Waals surface area contributed by atoms with Gasteiger partial charge in [0.05, 0.1) is 11.6 Å². The Morgan fingerprint density at radius 2 is 2.00 bits per heavy atom. The molecule has 4 nitrogen and oxygen atoms in total. The van der Waals surface area contributed by atoms with Crippen molar-refractivity contribution < 1.29 is 4.79 Å². The van der Waals surface area contributed by atoms with E-state index >= 15 is 0 Å². The highest BCUT2D eigenvalue weighted by Gasteiger charge is 2.39. The number of carbonyl (C=O) groups excluding carboxylic acids is 1. The molecule has 1 aliphatic rings. The van der Waals surface area contributed by atoms with Gasteiger partial charge in [-0.2, -0.15) is 5.26 Å². The van der Waals surface area contributed by atoms with Gasteiger partial charge in [-0.15, -0.1) is 0 Å². The van der Waals surface area contributed by atoms with Crippen molar-refractivity contribution in [3.05, 3.63) is 28.0 Å². The fourth-order valence-electron chi connectivity index (χ4n) is 2.61. The van der Waals surface area contributed by atoms with E-state index in [1.165, 1.54) is 11.0 Å². The lowest BCUT2D eigenvalue weighted by Gasteiger charge is -2.39. The molecule has 0 atom stereocenters. The first-order valence-corrected chi connectivity index (χ1v) is 7.27. The van der Waals surface area contributed by atoms with Crippen LogP contribution < -0.4 is 0 Å². The summed E-state index contributed by atoms with van der Waals surface area (Å²) in [5, 5.41) is 9.81. The third kappa shape index (κ3) is 2.74. The quantitative estimate of drug-likeness (QED) is 0.783. The van der Waals surface area contributed by atoms with Crippen LogP contribution in [0.15, 0.2) is 12.1 Å². The highest BCUT2D eigenvalue weighted by Crippen LogP contribution is 2.33. The van der Waals surface area contributed by atoms with E-state index in [0.717, 1.165) is 19.3 Å². The van der Waals surface area contributed by atoms with Crippen LogP contribution in [-0.2, 0) is 0 Å². The van der Waals surface area contributed by atoms with Crippen molar-refractivity contribution in [1.29, 1.82) is 5.26 Å². The Hall–Kier alpha value is -1.31. The van der Waals surface area contributed by atoms with Crippen LogP contribution in [0.25, 0.3) is 0 Å². The van der Waals surface area contributed by atoms with Gasteiger partial charge in [-0.25, -0.2) is 4.98 Å². The summed E-state index contributed by atoms with van der Waals surface area (Å²) in [5.41, 5.74) is -0.461. The number of hydrogen-bond acceptors (Lipinski definition) is 3. The Kier molecular flexibility index (Phi) is 4.52. The summed E-state index contributed by atoms with van der Waals surface area (Å²) in [6.45, 7) is 0. The lowest BCUT2D eigenvalue weighted by molar-refractivity contribution is 0.0589. The second-order valence-corrected chi connectivity index (χ2v) is 5.79. The summed E-state index contributed by atoms with van der Waals surface area (Å²) >= 11 is 11.7. The van der Waals surface area contributed by atoms with Crippen molar-refractivity contribution in [3.63, 3.8) is 0 Å². The Balaban J connectivity index is 2.30. The van der Waals surface area contributed by atoms with Gasteiger partial charge in [0.25, 0.3) is 5.91 Å². The van der Waals surface area contributed by atoms with E-state index in [9.17, 15) is 10.1 Å². The normalized spacial score (nSPS) is 17.3. The average molecular weight is 312 g/mol. The van der Waals surface area contributed by atoms with Crippen molar-refractivity contribution in [2.24, 2.45) is 0 Å². The van der Waals surface area contributed by atoms with E-state index in [1.54, 1.807) is 13.1 Å². The first-order valence-electron chi connectivity index (χ1n) is 6.52. The van der Waals surface area contributed by atoms with Crippen LogP contribution in [0.5, 0.6) is 0 Å². The van der Waals surface area contributed by atoms with Gasteiger partial charge in [-0.1, -0.05) is 42.5 Å². The number of pyridine rings is 1. The molecule has 1 fully saturated rings. The molecule has 2 rings (SSSR count). The fourth-order valence-corrected chi connectivity index (χ4v) is 3.03. The van der Waals surface area contributed by atoms with Gasteiger partial charge in [0.2, 0.25) is 0 Å². The van der Waals surface area contributed by atoms with Crippen LogP contribution in [0, 0.1) is 11.3 Å². The van der Waals surface area contributed by atoms with Crippen LogP contribution in [-0.4, -0.2) is 28.4 Å². The Morgan fingerprint density at radius 3 is 2.55 bits per heavy atom. The predicted molar refractivity (Wildman–Crippen MR) is 77.8 cm³/mol. The molecule has 1 aromatic heterocycles. The second-order valence-electron chi connectivity index (χ2n) is 5.04. The Morgan fingerprint density at radius 1 is 1.35 bits per heavy atom. The van der Waals surface area contributed by atoms with Gasteiger partial charge in [-0.3, -0.25) is 4.79 Å². The van der Waals surface area contributed by atoms with Crippen molar-refractivity contribution in [2.75, 3.05) is 7.05 Å². The zero-order chi connectivity index (χ0) is 14.8. The fraction of sp³-hybridized carbons (Fsp3) is 0.500. The molecule has 0 spiro atoms. The lowest BCUT2D eigenvalue weighted by atomic mass is 9.81. The van der Waals surface area contributed by atoms with E-state index < -0.39 is 5.54 Å². The molecule has 1 aliphatic carbocycles. The maximum absolute atomic E-state index is 12.5. The topological polar surface area (TPSA) is 57.0 Å². The largest absolute Gasteiger partial charge is 0.323 e. The Bertz CT molecular complexity index is 562. The summed E-state index contributed by atoms with van der Waals surface area (Å²) in [6.07, 6.45) is 4.42. The summed E-state index contributed by atoms with van der Waals surface area (Å²) in [7, 11) is 1.65. The number of hydrogen-bond donors (Lipinski definition) is 0. The molecule has 0 aliphatic heterocycles. The monoisotopic (exact) mass is 311 g/mol. The number of nitriles is 1. The zero-order valence-corrected chi connectivity index (χ0v) is 12.7. The molecule has 0 aromatic carbocycles. The highest BCUT2D eigenvalue weighted by molar-refractivity contribution is 6.34. The lowest BCUT2D eigenvalue weighted by Crippen LogP contribution is -2.49. The smallest absolute Gasteiger partial charge is 0.258 e. The van der Waals surface area contributed by atoms with Crippen molar-refractivity contribution >= 4 is 29.1 Å². The number of halogens is 2. The molecular weight excluding hydrogens is 297 g/mol. The van der Waals surface area contributed by atoms with Gasteiger partial charge < -0.3 is 4.90 Å². The first kappa shape index (κ1) is 15.1. The minimum Gasteiger partial charge on any atom is -0.323 e. The van der Waals surface area contributed by atoms with Gasteiger partial charge in [0.15, 0.2) is 0 Å². The molecule has 1 saturated carbocycles. The second kappa shape index (κ2) is 5.99. The van der Waals surface area contributed by atoms with Crippen LogP contribution in [0.4, 0.5) is 0 Å². The van der Waals surface area contributed by atoms with E-state index in [4.69, 9.17) is 23.2 Å². The molecule has 0 unspecified atom stereocenters. The van der Waals surface area contributed by atoms with Gasteiger partial charge in [-0.05, 0) is 25.0 Å². The van der Waals surface area contributed by atoms with Crippen LogP contribution in [0.1, 0.15) is 42.5 Å². The summed E-state index contributed by atoms with van der Waals surface area (Å²) in [5.74, 6) is -0.289. The van der Waals surface area contributed by atoms with Gasteiger partial charge in [0.1, 0.15) is 15.8 Å². The molecule has 1 heterocycles. The minimum atomic E-state index is -0.738. The molecule has 0 radical (unpaired) electrons. The number of carbonyl (C=O) groups is 1. The third-order valence-corrected chi connectivity index (χ3v) is 4.38. The number of aromatic nitrogens is 1. The van der Waals surface area contributed by atoms with E-state index in [-0.39, 0.29) is 21.8 Å². The highest BCUT2D eigenvalue weighted by atomic mass is 35.5. The number of rotatable bonds is 2. The first-order chi connectivity index (χ1) is 9.50. The molecule has 6 heteroatoms. The maximum atomic E-state index is 12.5. The van der Waals surface area contributed by atoms with Crippen LogP contribution in [0.2, 0.25) is 10.3 Å². The Labute approximate surface area is 128 Å². The van der Waals surface area contributed by atoms with Crippen LogP contribution >= 0.6 is 23.2 Å². The molecule has 106 valence electrons. The molecule has 1 aromatic rings. The summed E-state index contributed by atoms with van der Waals surface area (Å²) in [6, 6.07) is 5.38. The minimum absolute atomic E-state index is 0.0678. The summed E-state index contributed by atoms with van der Waals surface area (Å²) < 4.78 is 0. The summed E-state index contributed by atoms with van der Waals surface area (Å²) in [4.78, 5) is 17.9. The van der Waals surface area contributed by atoms with E-state index in [0.29, 0.717) is 12.8 Å². The van der Waals surface area contributed by atoms with Crippen molar-refractivity contribution in [3.8, 4) is 6.07 Å². The molecular formula is C14H15Cl2N3O. The molecule has 1 amide bonds.